The Kier molecular flexibility index (Phi) is 6.45. The first-order chi connectivity index (χ1) is 22.1. The summed E-state index contributed by atoms with van der Waals surface area (Å²) in [5.41, 5.74) is 3.89. The van der Waals surface area contributed by atoms with E-state index in [1.807, 2.05) is 18.2 Å². The van der Waals surface area contributed by atoms with Crippen molar-refractivity contribution in [3.8, 4) is 15.8 Å². The molecule has 0 fully saturated rings. The summed E-state index contributed by atoms with van der Waals surface area (Å²) in [5, 5.41) is 10.2. The van der Waals surface area contributed by atoms with Crippen molar-refractivity contribution >= 4 is 89.5 Å². The molecule has 0 spiro atoms. The van der Waals surface area contributed by atoms with E-state index in [2.05, 4.69) is 37.5 Å². The molecule has 10 nitrogen and oxygen atoms in total. The number of hydrogen-bond acceptors (Lipinski definition) is 10. The summed E-state index contributed by atoms with van der Waals surface area (Å²) in [6.45, 7) is 19.2. The van der Waals surface area contributed by atoms with Crippen LogP contribution in [0.4, 0.5) is 5.00 Å². The molecule has 3 aromatic heterocycles. The molecule has 2 aliphatic heterocycles. The highest BCUT2D eigenvalue weighted by Gasteiger charge is 2.49. The van der Waals surface area contributed by atoms with Crippen LogP contribution in [0.3, 0.4) is 0 Å². The van der Waals surface area contributed by atoms with Gasteiger partial charge in [0.25, 0.3) is 29.3 Å². The summed E-state index contributed by atoms with van der Waals surface area (Å²) in [7, 11) is 2.72. The number of nitrogens with zero attached hydrogens (tertiary/aromatic N) is 6. The molecular weight excluding hydrogens is 653 g/mol. The summed E-state index contributed by atoms with van der Waals surface area (Å²) in [4.78, 5) is 69.2. The number of likely N-dealkylation sites (N-methyl/N-ethyl adjacent to an activating group) is 2. The zero-order valence-corrected chi connectivity index (χ0v) is 29.1. The van der Waals surface area contributed by atoms with Gasteiger partial charge in [-0.3, -0.25) is 29.0 Å². The topological polar surface area (TPSA) is 128 Å². The Morgan fingerprint density at radius 1 is 0.809 bits per heavy atom. The number of thiophene rings is 3. The molecule has 0 bridgehead atoms. The number of nitriles is 1. The number of carbonyl (C=O) groups is 4. The summed E-state index contributed by atoms with van der Waals surface area (Å²) in [5.74, 6) is -2.31. The number of carbonyl (C=O) groups excluding carboxylic acids is 4. The molecule has 0 radical (unpaired) electrons. The number of rotatable bonds is 2. The van der Waals surface area contributed by atoms with E-state index in [4.69, 9.17) is 11.6 Å². The van der Waals surface area contributed by atoms with Crippen molar-refractivity contribution in [2.45, 2.75) is 52.4 Å². The van der Waals surface area contributed by atoms with Gasteiger partial charge in [0.2, 0.25) is 0 Å². The fraction of sp³-hybridized carbons (Fsp3) is 0.294. The maximum absolute atomic E-state index is 13.1. The summed E-state index contributed by atoms with van der Waals surface area (Å²) >= 11 is 4.87. The second-order valence-corrected chi connectivity index (χ2v) is 16.0. The van der Waals surface area contributed by atoms with Gasteiger partial charge in [-0.25, -0.2) is 14.8 Å². The summed E-state index contributed by atoms with van der Waals surface area (Å²) in [6, 6.07) is 3.90. The highest BCUT2D eigenvalue weighted by Crippen LogP contribution is 2.64. The van der Waals surface area contributed by atoms with Gasteiger partial charge in [0.05, 0.1) is 21.8 Å². The third-order valence-corrected chi connectivity index (χ3v) is 13.0. The van der Waals surface area contributed by atoms with Gasteiger partial charge in [-0.1, -0.05) is 27.7 Å². The smallest absolute Gasteiger partial charge is 0.279 e. The lowest BCUT2D eigenvalue weighted by molar-refractivity contribution is -0.138. The molecule has 13 heteroatoms. The molecule has 0 unspecified atom stereocenters. The maximum Gasteiger partial charge on any atom is 0.279 e. The first-order valence-electron chi connectivity index (χ1n) is 14.6. The average molecular weight is 679 g/mol. The minimum absolute atomic E-state index is 0.0840. The lowest BCUT2D eigenvalue weighted by Crippen LogP contribution is -2.44. The molecule has 7 rings (SSSR count). The molecule has 47 heavy (non-hydrogen) atoms. The van der Waals surface area contributed by atoms with E-state index >= 15 is 0 Å². The van der Waals surface area contributed by atoms with Crippen molar-refractivity contribution in [3.63, 3.8) is 0 Å². The third kappa shape index (κ3) is 3.91. The van der Waals surface area contributed by atoms with Crippen LogP contribution in [0.15, 0.2) is 44.2 Å². The van der Waals surface area contributed by atoms with Crippen molar-refractivity contribution in [1.29, 1.82) is 5.26 Å². The zero-order valence-electron chi connectivity index (χ0n) is 26.7. The summed E-state index contributed by atoms with van der Waals surface area (Å²) in [6.07, 6.45) is 2.02. The standard InChI is InChI=1S/C34H26N6O4S3/c1-13-15(12-35)29(41)39(8)31(43)24(13)37-18-10-16-20(33(18,3)4)21-27(45-16)28-22(34(21,5)6)26-17(46-28)11-19(47-26)38-25-14(2)23(36-7)30(42)40(9)32(25)44/h10-11H,1-6,8-9H3. The van der Waals surface area contributed by atoms with Gasteiger partial charge < -0.3 is 0 Å². The van der Waals surface area contributed by atoms with Crippen LogP contribution < -0.4 is 0 Å². The van der Waals surface area contributed by atoms with Gasteiger partial charge >= 0.3 is 0 Å². The molecule has 0 aromatic carbocycles. The van der Waals surface area contributed by atoms with E-state index in [9.17, 15) is 24.4 Å². The third-order valence-electron chi connectivity index (χ3n) is 9.43. The van der Waals surface area contributed by atoms with Crippen molar-refractivity contribution in [3.05, 3.63) is 67.2 Å². The van der Waals surface area contributed by atoms with Crippen LogP contribution in [-0.4, -0.2) is 58.9 Å². The Hall–Kier alpha value is -4.82. The predicted octanol–water partition coefficient (Wildman–Crippen LogP) is 6.51. The van der Waals surface area contributed by atoms with Crippen molar-refractivity contribution in [2.24, 2.45) is 9.98 Å². The summed E-state index contributed by atoms with van der Waals surface area (Å²) < 4.78 is 2.14. The Morgan fingerprint density at radius 3 is 2.06 bits per heavy atom. The molecule has 4 amide bonds. The van der Waals surface area contributed by atoms with Crippen LogP contribution in [0.25, 0.3) is 30.1 Å². The van der Waals surface area contributed by atoms with Gasteiger partial charge in [-0.05, 0) is 48.3 Å². The lowest BCUT2D eigenvalue weighted by atomic mass is 9.75. The van der Waals surface area contributed by atoms with Crippen LogP contribution in [0, 0.1) is 17.9 Å². The Morgan fingerprint density at radius 2 is 1.43 bits per heavy atom. The SMILES string of the molecule is [C-]#[N+]C1=C(C)C(=Nc2cc3sc4c(c3s2)C(C)(C)c2c-4sc3c2C(C)(C)C(N=C2C(=O)N(C)C(=O)C(C#N)=C2C)=C3)C(=O)N(C)C1=O. The molecule has 0 saturated carbocycles. The molecular formula is C34H26N6O4S3. The number of allylic oxidation sites excluding steroid dienone is 1. The highest BCUT2D eigenvalue weighted by molar-refractivity contribution is 7.33. The van der Waals surface area contributed by atoms with Crippen molar-refractivity contribution in [2.75, 3.05) is 14.1 Å². The van der Waals surface area contributed by atoms with E-state index in [1.165, 1.54) is 46.3 Å². The van der Waals surface area contributed by atoms with Gasteiger partial charge in [-0.15, -0.1) is 34.0 Å². The largest absolute Gasteiger partial charge is 0.286 e. The number of amides is 4. The fourth-order valence-corrected chi connectivity index (χ4v) is 11.3. The van der Waals surface area contributed by atoms with Gasteiger partial charge in [-0.2, -0.15) is 5.26 Å². The van der Waals surface area contributed by atoms with E-state index in [0.717, 1.165) is 29.6 Å². The van der Waals surface area contributed by atoms with Gasteiger partial charge in [0, 0.05) is 45.0 Å². The van der Waals surface area contributed by atoms with Crippen LogP contribution in [0.1, 0.15) is 63.1 Å². The Bertz CT molecular complexity index is 2360. The molecule has 5 heterocycles. The van der Waals surface area contributed by atoms with Crippen molar-refractivity contribution in [1.82, 2.24) is 9.80 Å². The van der Waals surface area contributed by atoms with Crippen LogP contribution in [0.2, 0.25) is 0 Å². The van der Waals surface area contributed by atoms with Gasteiger partial charge in [0.1, 0.15) is 28.1 Å². The molecule has 4 aliphatic rings. The average Bonchev–Trinajstić information content (AvgIpc) is 3.77. The number of hydrogen-bond donors (Lipinski definition) is 0. The fourth-order valence-electron chi connectivity index (χ4n) is 6.77. The van der Waals surface area contributed by atoms with Gasteiger partial charge in [0.15, 0.2) is 0 Å². The molecule has 2 aliphatic carbocycles. The first kappa shape index (κ1) is 30.8. The lowest BCUT2D eigenvalue weighted by Gasteiger charge is -2.29. The highest BCUT2D eigenvalue weighted by atomic mass is 32.1. The Labute approximate surface area is 282 Å². The first-order valence-corrected chi connectivity index (χ1v) is 17.0. The van der Waals surface area contributed by atoms with E-state index < -0.39 is 29.0 Å². The minimum Gasteiger partial charge on any atom is -0.286 e. The maximum atomic E-state index is 13.1. The predicted molar refractivity (Wildman–Crippen MR) is 184 cm³/mol. The van der Waals surface area contributed by atoms with E-state index in [-0.39, 0.29) is 39.3 Å². The molecule has 0 saturated heterocycles. The van der Waals surface area contributed by atoms with Crippen LogP contribution in [0.5, 0.6) is 0 Å². The monoisotopic (exact) mass is 678 g/mol. The quantitative estimate of drug-likeness (QED) is 0.226. The second kappa shape index (κ2) is 9.84. The minimum atomic E-state index is -0.625. The van der Waals surface area contributed by atoms with Crippen LogP contribution in [-0.2, 0) is 30.0 Å². The zero-order chi connectivity index (χ0) is 34.1. The number of fused-ring (bicyclic) bond motifs is 7. The number of imide groups is 2. The normalized spacial score (nSPS) is 21.6. The van der Waals surface area contributed by atoms with E-state index in [1.54, 1.807) is 36.5 Å². The second-order valence-electron chi connectivity index (χ2n) is 12.9. The molecule has 3 aromatic rings. The molecule has 234 valence electrons. The molecule has 0 atom stereocenters. The Balaban J connectivity index is 1.31. The molecule has 0 N–H and O–H groups in total. The number of aliphatic imine (C=N–C) groups is 2. The van der Waals surface area contributed by atoms with E-state index in [0.29, 0.717) is 10.7 Å². The van der Waals surface area contributed by atoms with Crippen LogP contribution >= 0.6 is 34.0 Å². The van der Waals surface area contributed by atoms with Crippen molar-refractivity contribution < 1.29 is 19.2 Å².